The van der Waals surface area contributed by atoms with Gasteiger partial charge in [0.1, 0.15) is 5.82 Å². The van der Waals surface area contributed by atoms with Crippen LogP contribution in [-0.2, 0) is 17.8 Å². The van der Waals surface area contributed by atoms with E-state index in [-0.39, 0.29) is 11.7 Å². The van der Waals surface area contributed by atoms with Crippen molar-refractivity contribution in [1.29, 1.82) is 0 Å². The number of hydrogen-bond acceptors (Lipinski definition) is 8. The van der Waals surface area contributed by atoms with E-state index in [1.807, 2.05) is 29.2 Å². The summed E-state index contributed by atoms with van der Waals surface area (Å²) in [5.74, 6) is -0.211. The molecule has 2 fully saturated rings. The fourth-order valence-corrected chi connectivity index (χ4v) is 6.41. The Labute approximate surface area is 246 Å². The number of rotatable bonds is 8. The third-order valence-corrected chi connectivity index (χ3v) is 8.64. The van der Waals surface area contributed by atoms with Crippen LogP contribution in [0.3, 0.4) is 0 Å². The zero-order valence-electron chi connectivity index (χ0n) is 24.1. The Morgan fingerprint density at radius 1 is 1.02 bits per heavy atom. The van der Waals surface area contributed by atoms with Crippen molar-refractivity contribution in [1.82, 2.24) is 19.8 Å². The molecule has 0 radical (unpaired) electrons. The summed E-state index contributed by atoms with van der Waals surface area (Å²) in [4.78, 5) is 30.3. The summed E-state index contributed by atoms with van der Waals surface area (Å²) < 4.78 is 21.6. The second-order valence-electron chi connectivity index (χ2n) is 11.3. The number of carbonyl (C=O) groups is 1. The highest BCUT2D eigenvalue weighted by atomic mass is 19.1. The summed E-state index contributed by atoms with van der Waals surface area (Å²) in [5.41, 5.74) is 2.21. The van der Waals surface area contributed by atoms with Gasteiger partial charge in [-0.2, -0.15) is 9.97 Å². The topological polar surface area (TPSA) is 85.3 Å². The average molecular weight is 575 g/mol. The van der Waals surface area contributed by atoms with Crippen LogP contribution in [-0.4, -0.2) is 89.7 Å². The number of carbonyl (C=O) groups excluding carboxylic acids is 1. The SMILES string of the molecule is C=CC(=O)N1CCN(c2nc(OCCCN3CCCCC3)nc3c2CCN(c2c(F)c(O)cc4ccccc24)C3)CC1. The lowest BCUT2D eigenvalue weighted by Gasteiger charge is -2.38. The molecule has 3 aromatic rings. The van der Waals surface area contributed by atoms with Gasteiger partial charge in [0.15, 0.2) is 11.6 Å². The van der Waals surface area contributed by atoms with Crippen LogP contribution in [0.1, 0.15) is 36.9 Å². The van der Waals surface area contributed by atoms with Crippen molar-refractivity contribution in [2.24, 2.45) is 0 Å². The van der Waals surface area contributed by atoms with Crippen LogP contribution < -0.4 is 14.5 Å². The van der Waals surface area contributed by atoms with Crippen molar-refractivity contribution >= 4 is 28.2 Å². The fourth-order valence-electron chi connectivity index (χ4n) is 6.41. The summed E-state index contributed by atoms with van der Waals surface area (Å²) in [6.45, 7) is 10.8. The molecule has 0 aliphatic carbocycles. The molecule has 1 amide bonds. The minimum atomic E-state index is -0.622. The number of phenols is 1. The van der Waals surface area contributed by atoms with Crippen molar-refractivity contribution in [3.63, 3.8) is 0 Å². The van der Waals surface area contributed by atoms with Gasteiger partial charge in [0, 0.05) is 50.2 Å². The molecule has 1 N–H and O–H groups in total. The van der Waals surface area contributed by atoms with Gasteiger partial charge in [-0.25, -0.2) is 4.39 Å². The molecule has 2 aromatic carbocycles. The average Bonchev–Trinajstić information content (AvgIpc) is 3.03. The summed E-state index contributed by atoms with van der Waals surface area (Å²) in [5, 5.41) is 11.9. The van der Waals surface area contributed by atoms with E-state index in [9.17, 15) is 9.90 Å². The minimum absolute atomic E-state index is 0.0619. The van der Waals surface area contributed by atoms with Gasteiger partial charge in [-0.15, -0.1) is 0 Å². The van der Waals surface area contributed by atoms with Gasteiger partial charge in [-0.1, -0.05) is 37.3 Å². The smallest absolute Gasteiger partial charge is 0.318 e. The van der Waals surface area contributed by atoms with Crippen LogP contribution in [0.4, 0.5) is 15.9 Å². The van der Waals surface area contributed by atoms with E-state index in [2.05, 4.69) is 16.4 Å². The Morgan fingerprint density at radius 3 is 2.60 bits per heavy atom. The van der Waals surface area contributed by atoms with E-state index in [0.29, 0.717) is 64.0 Å². The van der Waals surface area contributed by atoms with Gasteiger partial charge >= 0.3 is 6.01 Å². The largest absolute Gasteiger partial charge is 0.505 e. The molecule has 0 spiro atoms. The maximum atomic E-state index is 15.4. The maximum absolute atomic E-state index is 15.4. The highest BCUT2D eigenvalue weighted by Crippen LogP contribution is 2.39. The van der Waals surface area contributed by atoms with E-state index < -0.39 is 5.82 Å². The number of fused-ring (bicyclic) bond motifs is 2. The van der Waals surface area contributed by atoms with Crippen LogP contribution in [0, 0.1) is 5.82 Å². The first-order valence-corrected chi connectivity index (χ1v) is 15.1. The molecule has 3 aliphatic heterocycles. The number of ether oxygens (including phenoxy) is 1. The number of halogens is 1. The number of piperidine rings is 1. The molecule has 6 rings (SSSR count). The highest BCUT2D eigenvalue weighted by molar-refractivity contribution is 5.96. The second kappa shape index (κ2) is 12.5. The van der Waals surface area contributed by atoms with Crippen LogP contribution in [0.5, 0.6) is 11.8 Å². The Balaban J connectivity index is 1.26. The highest BCUT2D eigenvalue weighted by Gasteiger charge is 2.30. The van der Waals surface area contributed by atoms with Crippen LogP contribution >= 0.6 is 0 Å². The molecule has 3 aliphatic rings. The van der Waals surface area contributed by atoms with Gasteiger partial charge in [0.05, 0.1) is 24.5 Å². The van der Waals surface area contributed by atoms with Gasteiger partial charge in [0.2, 0.25) is 5.91 Å². The van der Waals surface area contributed by atoms with E-state index in [1.165, 1.54) is 31.4 Å². The Hall–Kier alpha value is -3.92. The van der Waals surface area contributed by atoms with Crippen molar-refractivity contribution < 1.29 is 19.0 Å². The number of aromatic nitrogens is 2. The number of hydrogen-bond donors (Lipinski definition) is 1. The summed E-state index contributed by atoms with van der Waals surface area (Å²) in [7, 11) is 0. The van der Waals surface area contributed by atoms with E-state index in [4.69, 9.17) is 14.7 Å². The van der Waals surface area contributed by atoms with Crippen molar-refractivity contribution in [3.8, 4) is 11.8 Å². The normalized spacial score (nSPS) is 17.8. The summed E-state index contributed by atoms with van der Waals surface area (Å²) in [6.07, 6.45) is 6.70. The minimum Gasteiger partial charge on any atom is -0.505 e. The number of piperazine rings is 1. The van der Waals surface area contributed by atoms with Gasteiger partial charge < -0.3 is 29.4 Å². The monoisotopic (exact) mass is 574 g/mol. The number of anilines is 2. The first kappa shape index (κ1) is 28.2. The molecular weight excluding hydrogens is 535 g/mol. The van der Waals surface area contributed by atoms with Crippen molar-refractivity contribution in [2.75, 3.05) is 68.8 Å². The van der Waals surface area contributed by atoms with Gasteiger partial charge in [0.25, 0.3) is 0 Å². The third-order valence-electron chi connectivity index (χ3n) is 8.64. The van der Waals surface area contributed by atoms with Crippen molar-refractivity contribution in [2.45, 2.75) is 38.6 Å². The molecule has 9 nitrogen and oxygen atoms in total. The maximum Gasteiger partial charge on any atom is 0.318 e. The molecule has 4 heterocycles. The van der Waals surface area contributed by atoms with Crippen LogP contribution in [0.15, 0.2) is 43.0 Å². The van der Waals surface area contributed by atoms with E-state index in [0.717, 1.165) is 53.9 Å². The fraction of sp³-hybridized carbons (Fsp3) is 0.469. The lowest BCUT2D eigenvalue weighted by Crippen LogP contribution is -2.49. The Bertz CT molecular complexity index is 1450. The molecule has 1 aromatic heterocycles. The third kappa shape index (κ3) is 5.86. The number of benzene rings is 2. The predicted molar refractivity (Wildman–Crippen MR) is 162 cm³/mol. The summed E-state index contributed by atoms with van der Waals surface area (Å²) >= 11 is 0. The first-order chi connectivity index (χ1) is 20.5. The zero-order valence-corrected chi connectivity index (χ0v) is 24.1. The van der Waals surface area contributed by atoms with Crippen molar-refractivity contribution in [3.05, 3.63) is 60.1 Å². The lowest BCUT2D eigenvalue weighted by atomic mass is 10.0. The number of amides is 1. The standard InChI is InChI=1S/C32H39FN6O3/c1-2-28(41)37-16-18-38(19-17-37)31-25-11-15-39(30-24-10-5-4-9-23(24)21-27(40)29(30)33)22-26(25)34-32(35-31)42-20-8-14-36-12-6-3-7-13-36/h2,4-5,9-10,21,40H,1,3,6-8,11-20,22H2. The molecule has 42 heavy (non-hydrogen) atoms. The number of phenolic OH excluding ortho intramolecular Hbond substituents is 1. The first-order valence-electron chi connectivity index (χ1n) is 15.1. The molecule has 0 bridgehead atoms. The van der Waals surface area contributed by atoms with Crippen LogP contribution in [0.2, 0.25) is 0 Å². The predicted octanol–water partition coefficient (Wildman–Crippen LogP) is 4.13. The Morgan fingerprint density at radius 2 is 1.81 bits per heavy atom. The number of nitrogens with zero attached hydrogens (tertiary/aromatic N) is 6. The van der Waals surface area contributed by atoms with E-state index >= 15 is 4.39 Å². The lowest BCUT2D eigenvalue weighted by molar-refractivity contribution is -0.126. The number of likely N-dealkylation sites (tertiary alicyclic amines) is 1. The molecular formula is C32H39FN6O3. The second-order valence-corrected chi connectivity index (χ2v) is 11.3. The van der Waals surface area contributed by atoms with Gasteiger partial charge in [-0.05, 0) is 56.3 Å². The molecule has 0 unspecified atom stereocenters. The van der Waals surface area contributed by atoms with Crippen LogP contribution in [0.25, 0.3) is 10.8 Å². The van der Waals surface area contributed by atoms with E-state index in [1.54, 1.807) is 4.90 Å². The number of aromatic hydroxyl groups is 1. The molecule has 0 saturated carbocycles. The zero-order chi connectivity index (χ0) is 29.1. The Kier molecular flexibility index (Phi) is 8.41. The van der Waals surface area contributed by atoms with Gasteiger partial charge in [-0.3, -0.25) is 4.79 Å². The molecule has 222 valence electrons. The molecule has 0 atom stereocenters. The molecule has 10 heteroatoms. The quantitative estimate of drug-likeness (QED) is 0.318. The summed E-state index contributed by atoms with van der Waals surface area (Å²) in [6, 6.07) is 9.32. The molecule has 2 saturated heterocycles.